The summed E-state index contributed by atoms with van der Waals surface area (Å²) in [6.07, 6.45) is 5.07. The molecule has 1 nitrogen and oxygen atoms in total. The number of hydrogen-bond acceptors (Lipinski definition) is 1. The number of benzene rings is 1. The lowest BCUT2D eigenvalue weighted by Crippen LogP contribution is -2.13. The third-order valence-corrected chi connectivity index (χ3v) is 4.99. The summed E-state index contributed by atoms with van der Waals surface area (Å²) in [5.74, 6) is 0.144. The number of unbranched alkanes of at least 4 members (excludes halogenated alkanes) is 1. The van der Waals surface area contributed by atoms with Gasteiger partial charge in [-0.1, -0.05) is 25.0 Å². The molecule has 1 aromatic carbocycles. The smallest absolute Gasteiger partial charge is 0.195 e. The van der Waals surface area contributed by atoms with Gasteiger partial charge in [0, 0.05) is 0 Å². The molecule has 0 radical (unpaired) electrons. The van der Waals surface area contributed by atoms with Crippen molar-refractivity contribution in [2.24, 2.45) is 11.8 Å². The predicted octanol–water partition coefficient (Wildman–Crippen LogP) is 6.60. The maximum atomic E-state index is 13.0. The molecule has 0 heterocycles. The van der Waals surface area contributed by atoms with Crippen molar-refractivity contribution in [2.45, 2.75) is 57.5 Å². The van der Waals surface area contributed by atoms with Gasteiger partial charge in [-0.3, -0.25) is 0 Å². The molecule has 25 heavy (non-hydrogen) atoms. The minimum absolute atomic E-state index is 0.183. The van der Waals surface area contributed by atoms with Crippen LogP contribution < -0.4 is 0 Å². The molecule has 0 bridgehead atoms. The lowest BCUT2D eigenvalue weighted by Gasteiger charge is -2.26. The molecule has 0 amide bonds. The summed E-state index contributed by atoms with van der Waals surface area (Å²) in [7, 11) is 0. The summed E-state index contributed by atoms with van der Waals surface area (Å²) in [5, 5.41) is 8.46. The fourth-order valence-corrected chi connectivity index (χ4v) is 3.51. The summed E-state index contributed by atoms with van der Waals surface area (Å²) in [6.45, 7) is 0. The number of hydrogen-bond donors (Lipinski definition) is 0. The van der Waals surface area contributed by atoms with E-state index in [1.54, 1.807) is 12.1 Å². The fourth-order valence-electron chi connectivity index (χ4n) is 3.51. The van der Waals surface area contributed by atoms with Crippen LogP contribution in [0.3, 0.4) is 0 Å². The summed E-state index contributed by atoms with van der Waals surface area (Å²) in [5.41, 5.74) is 0.337. The van der Waals surface area contributed by atoms with Crippen molar-refractivity contribution < 1.29 is 17.6 Å². The molecular formula is C20H23F4N. The van der Waals surface area contributed by atoms with E-state index < -0.39 is 17.6 Å². The molecule has 0 unspecified atom stereocenters. The number of aryl methyl sites for hydroxylation is 1. The Bertz CT molecular complexity index is 602. The lowest BCUT2D eigenvalue weighted by molar-refractivity contribution is -0.137. The first-order chi connectivity index (χ1) is 11.9. The number of nitrogens with zero attached hydrogens (tertiary/aromatic N) is 1. The molecule has 0 atom stereocenters. The van der Waals surface area contributed by atoms with Crippen LogP contribution in [0.4, 0.5) is 17.6 Å². The zero-order valence-electron chi connectivity index (χ0n) is 14.2. The van der Waals surface area contributed by atoms with Gasteiger partial charge in [0.1, 0.15) is 6.07 Å². The maximum absolute atomic E-state index is 13.0. The number of allylic oxidation sites excluding steroid dienone is 2. The van der Waals surface area contributed by atoms with Gasteiger partial charge in [0.05, 0.1) is 5.56 Å². The zero-order valence-corrected chi connectivity index (χ0v) is 14.2. The van der Waals surface area contributed by atoms with Crippen LogP contribution in [-0.4, -0.2) is 0 Å². The summed E-state index contributed by atoms with van der Waals surface area (Å²) < 4.78 is 50.5. The van der Waals surface area contributed by atoms with Crippen LogP contribution in [0, 0.1) is 23.2 Å². The summed E-state index contributed by atoms with van der Waals surface area (Å²) >= 11 is 0. The third kappa shape index (κ3) is 6.53. The Kier molecular flexibility index (Phi) is 7.04. The first-order valence-electron chi connectivity index (χ1n) is 8.82. The molecule has 0 spiro atoms. The molecule has 0 saturated heterocycles. The van der Waals surface area contributed by atoms with E-state index in [4.69, 9.17) is 5.26 Å². The van der Waals surface area contributed by atoms with Crippen molar-refractivity contribution in [1.29, 1.82) is 5.26 Å². The average Bonchev–Trinajstić information content (AvgIpc) is 2.59. The van der Waals surface area contributed by atoms with Crippen LogP contribution in [0.2, 0.25) is 0 Å². The Labute approximate surface area is 146 Å². The van der Waals surface area contributed by atoms with E-state index in [0.717, 1.165) is 69.1 Å². The number of halogens is 4. The largest absolute Gasteiger partial charge is 0.416 e. The van der Waals surface area contributed by atoms with Gasteiger partial charge in [0.15, 0.2) is 5.83 Å². The van der Waals surface area contributed by atoms with Gasteiger partial charge in [0.2, 0.25) is 0 Å². The summed E-state index contributed by atoms with van der Waals surface area (Å²) in [4.78, 5) is 0. The molecule has 136 valence electrons. The highest BCUT2D eigenvalue weighted by molar-refractivity contribution is 5.24. The van der Waals surface area contributed by atoms with E-state index in [1.807, 2.05) is 0 Å². The van der Waals surface area contributed by atoms with Crippen molar-refractivity contribution in [3.05, 3.63) is 47.3 Å². The van der Waals surface area contributed by atoms with Crippen LogP contribution >= 0.6 is 0 Å². The quantitative estimate of drug-likeness (QED) is 0.321. The molecular weight excluding hydrogens is 330 g/mol. The van der Waals surface area contributed by atoms with E-state index in [0.29, 0.717) is 5.92 Å². The Balaban J connectivity index is 1.65. The second-order valence-electron chi connectivity index (χ2n) is 6.85. The Morgan fingerprint density at radius 3 is 2.28 bits per heavy atom. The number of rotatable bonds is 6. The molecule has 1 aromatic rings. The highest BCUT2D eigenvalue weighted by atomic mass is 19.4. The highest BCUT2D eigenvalue weighted by Crippen LogP contribution is 2.33. The Morgan fingerprint density at radius 2 is 1.72 bits per heavy atom. The van der Waals surface area contributed by atoms with Crippen molar-refractivity contribution in [1.82, 2.24) is 0 Å². The first-order valence-corrected chi connectivity index (χ1v) is 8.82. The van der Waals surface area contributed by atoms with Gasteiger partial charge in [-0.25, -0.2) is 0 Å². The fraction of sp³-hybridized carbons (Fsp3) is 0.550. The van der Waals surface area contributed by atoms with Crippen molar-refractivity contribution in [2.75, 3.05) is 0 Å². The van der Waals surface area contributed by atoms with Crippen molar-refractivity contribution in [3.63, 3.8) is 0 Å². The van der Waals surface area contributed by atoms with E-state index in [1.165, 1.54) is 12.1 Å². The number of nitriles is 1. The monoisotopic (exact) mass is 353 g/mol. The van der Waals surface area contributed by atoms with Crippen molar-refractivity contribution >= 4 is 0 Å². The van der Waals surface area contributed by atoms with Crippen LogP contribution in [0.25, 0.3) is 0 Å². The second-order valence-corrected chi connectivity index (χ2v) is 6.85. The van der Waals surface area contributed by atoms with Gasteiger partial charge < -0.3 is 0 Å². The third-order valence-electron chi connectivity index (χ3n) is 4.99. The second kappa shape index (κ2) is 9.03. The topological polar surface area (TPSA) is 23.8 Å². The zero-order chi connectivity index (χ0) is 18.3. The van der Waals surface area contributed by atoms with Crippen LogP contribution in [0.1, 0.15) is 56.1 Å². The molecule has 1 fully saturated rings. The van der Waals surface area contributed by atoms with E-state index >= 15 is 0 Å². The van der Waals surface area contributed by atoms with Gasteiger partial charge in [0.25, 0.3) is 0 Å². The van der Waals surface area contributed by atoms with Gasteiger partial charge in [-0.05, 0) is 74.1 Å². The normalized spacial score (nSPS) is 21.8. The van der Waals surface area contributed by atoms with E-state index in [-0.39, 0.29) is 5.92 Å². The molecule has 0 aromatic heterocycles. The molecule has 0 N–H and O–H groups in total. The first kappa shape index (κ1) is 19.5. The average molecular weight is 353 g/mol. The molecule has 1 saturated carbocycles. The minimum atomic E-state index is -4.28. The van der Waals surface area contributed by atoms with Crippen molar-refractivity contribution in [3.8, 4) is 6.07 Å². The van der Waals surface area contributed by atoms with Gasteiger partial charge >= 0.3 is 6.18 Å². The maximum Gasteiger partial charge on any atom is 0.416 e. The molecule has 1 aliphatic rings. The molecule has 0 aliphatic heterocycles. The minimum Gasteiger partial charge on any atom is -0.195 e. The standard InChI is InChI=1S/C20H23F4N/c21-19(14-25)13-17-7-5-15(6-8-17)3-1-2-4-16-9-11-18(12-10-16)20(22,23)24/h9-13,15,17H,1-8H2/b19-13-/t15-,17-. The van der Waals surface area contributed by atoms with E-state index in [9.17, 15) is 17.6 Å². The Morgan fingerprint density at radius 1 is 1.08 bits per heavy atom. The number of alkyl halides is 3. The van der Waals surface area contributed by atoms with Crippen LogP contribution in [-0.2, 0) is 12.6 Å². The van der Waals surface area contributed by atoms with Gasteiger partial charge in [-0.15, -0.1) is 0 Å². The van der Waals surface area contributed by atoms with Gasteiger partial charge in [-0.2, -0.15) is 22.8 Å². The van der Waals surface area contributed by atoms with E-state index in [2.05, 4.69) is 0 Å². The highest BCUT2D eigenvalue weighted by Gasteiger charge is 2.29. The molecule has 5 heteroatoms. The van der Waals surface area contributed by atoms with Crippen LogP contribution in [0.15, 0.2) is 36.2 Å². The summed E-state index contributed by atoms with van der Waals surface area (Å²) in [6, 6.07) is 6.93. The SMILES string of the molecule is N#C/C(F)=C/[C@H]1CC[C@H](CCCCc2ccc(C(F)(F)F)cc2)CC1. The molecule has 2 rings (SSSR count). The Hall–Kier alpha value is -1.83. The molecule has 1 aliphatic carbocycles. The lowest BCUT2D eigenvalue weighted by atomic mass is 9.79. The van der Waals surface area contributed by atoms with Crippen LogP contribution in [0.5, 0.6) is 0 Å². The predicted molar refractivity (Wildman–Crippen MR) is 89.3 cm³/mol.